The van der Waals surface area contributed by atoms with Gasteiger partial charge in [-0.3, -0.25) is 4.79 Å². The molecule has 0 aliphatic heterocycles. The van der Waals surface area contributed by atoms with Crippen LogP contribution in [0, 0.1) is 6.92 Å². The second kappa shape index (κ2) is 4.35. The highest BCUT2D eigenvalue weighted by atomic mass is 16.5. The average Bonchev–Trinajstić information content (AvgIpc) is 2.62. The van der Waals surface area contributed by atoms with Crippen LogP contribution in [0.3, 0.4) is 0 Å². The molecule has 0 N–H and O–H groups in total. The fourth-order valence-electron chi connectivity index (χ4n) is 1.64. The Balaban J connectivity index is 2.26. The molecule has 16 heavy (non-hydrogen) atoms. The Hall–Kier alpha value is -1.84. The predicted octanol–water partition coefficient (Wildman–Crippen LogP) is 1.75. The van der Waals surface area contributed by atoms with Crippen LogP contribution in [0.2, 0.25) is 0 Å². The Morgan fingerprint density at radius 3 is 3.00 bits per heavy atom. The highest BCUT2D eigenvalue weighted by Gasteiger charge is 2.08. The predicted molar refractivity (Wildman–Crippen MR) is 60.3 cm³/mol. The fourth-order valence-corrected chi connectivity index (χ4v) is 1.64. The summed E-state index contributed by atoms with van der Waals surface area (Å²) in [5.41, 5.74) is 2.70. The SMILES string of the molecule is CCOC(=O)Cc1cn2c(C)cccc2n1. The third-order valence-corrected chi connectivity index (χ3v) is 2.38. The summed E-state index contributed by atoms with van der Waals surface area (Å²) in [6.45, 7) is 4.21. The van der Waals surface area contributed by atoms with Gasteiger partial charge in [-0.05, 0) is 26.0 Å². The maximum Gasteiger partial charge on any atom is 0.311 e. The molecule has 0 saturated carbocycles. The second-order valence-corrected chi connectivity index (χ2v) is 3.61. The first-order valence-corrected chi connectivity index (χ1v) is 5.30. The number of esters is 1. The topological polar surface area (TPSA) is 43.6 Å². The maximum absolute atomic E-state index is 11.3. The maximum atomic E-state index is 11.3. The number of carbonyl (C=O) groups is 1. The van der Waals surface area contributed by atoms with Gasteiger partial charge in [-0.1, -0.05) is 6.07 Å². The molecular weight excluding hydrogens is 204 g/mol. The minimum absolute atomic E-state index is 0.231. The van der Waals surface area contributed by atoms with Crippen LogP contribution in [0.1, 0.15) is 18.3 Å². The van der Waals surface area contributed by atoms with E-state index in [0.29, 0.717) is 6.61 Å². The zero-order valence-electron chi connectivity index (χ0n) is 9.43. The number of fused-ring (bicyclic) bond motifs is 1. The third-order valence-electron chi connectivity index (χ3n) is 2.38. The van der Waals surface area contributed by atoms with Crippen molar-refractivity contribution >= 4 is 11.6 Å². The molecule has 0 aromatic carbocycles. The number of hydrogen-bond acceptors (Lipinski definition) is 3. The number of nitrogens with zero attached hydrogens (tertiary/aromatic N) is 2. The standard InChI is InChI=1S/C12H14N2O2/c1-3-16-12(15)7-10-8-14-9(2)5-4-6-11(14)13-10/h4-6,8H,3,7H2,1-2H3. The lowest BCUT2D eigenvalue weighted by atomic mass is 10.3. The van der Waals surface area contributed by atoms with Crippen LogP contribution >= 0.6 is 0 Å². The highest BCUT2D eigenvalue weighted by Crippen LogP contribution is 2.09. The molecule has 0 unspecified atom stereocenters. The number of pyridine rings is 1. The van der Waals surface area contributed by atoms with Gasteiger partial charge in [0, 0.05) is 11.9 Å². The average molecular weight is 218 g/mol. The van der Waals surface area contributed by atoms with Crippen molar-refractivity contribution < 1.29 is 9.53 Å². The fraction of sp³-hybridized carbons (Fsp3) is 0.333. The van der Waals surface area contributed by atoms with Crippen LogP contribution in [0.25, 0.3) is 5.65 Å². The van der Waals surface area contributed by atoms with E-state index in [9.17, 15) is 4.79 Å². The van der Waals surface area contributed by atoms with E-state index in [4.69, 9.17) is 4.74 Å². The Kier molecular flexibility index (Phi) is 2.90. The first-order valence-electron chi connectivity index (χ1n) is 5.30. The van der Waals surface area contributed by atoms with E-state index < -0.39 is 0 Å². The van der Waals surface area contributed by atoms with Gasteiger partial charge in [-0.25, -0.2) is 4.98 Å². The van der Waals surface area contributed by atoms with E-state index in [-0.39, 0.29) is 12.4 Å². The molecule has 2 aromatic rings. The molecule has 0 fully saturated rings. The van der Waals surface area contributed by atoms with Crippen LogP contribution < -0.4 is 0 Å². The molecule has 0 amide bonds. The molecule has 0 bridgehead atoms. The van der Waals surface area contributed by atoms with Crippen molar-refractivity contribution in [1.82, 2.24) is 9.38 Å². The van der Waals surface area contributed by atoms with Gasteiger partial charge in [-0.2, -0.15) is 0 Å². The molecule has 0 atom stereocenters. The molecule has 2 rings (SSSR count). The van der Waals surface area contributed by atoms with E-state index >= 15 is 0 Å². The lowest BCUT2D eigenvalue weighted by Crippen LogP contribution is -2.07. The van der Waals surface area contributed by atoms with Gasteiger partial charge in [0.05, 0.1) is 18.7 Å². The van der Waals surface area contributed by atoms with Gasteiger partial charge in [-0.15, -0.1) is 0 Å². The zero-order chi connectivity index (χ0) is 11.5. The molecular formula is C12H14N2O2. The summed E-state index contributed by atoms with van der Waals surface area (Å²) in [7, 11) is 0. The van der Waals surface area contributed by atoms with Crippen molar-refractivity contribution in [2.75, 3.05) is 6.61 Å². The van der Waals surface area contributed by atoms with Crippen molar-refractivity contribution in [1.29, 1.82) is 0 Å². The van der Waals surface area contributed by atoms with E-state index in [2.05, 4.69) is 4.98 Å². The summed E-state index contributed by atoms with van der Waals surface area (Å²) in [4.78, 5) is 15.7. The lowest BCUT2D eigenvalue weighted by Gasteiger charge is -1.97. The normalized spacial score (nSPS) is 10.6. The van der Waals surface area contributed by atoms with E-state index in [0.717, 1.165) is 17.0 Å². The Bertz CT molecular complexity index is 517. The minimum Gasteiger partial charge on any atom is -0.466 e. The summed E-state index contributed by atoms with van der Waals surface area (Å²) in [6, 6.07) is 5.87. The third kappa shape index (κ3) is 2.05. The van der Waals surface area contributed by atoms with E-state index in [1.807, 2.05) is 35.7 Å². The summed E-state index contributed by atoms with van der Waals surface area (Å²) in [6.07, 6.45) is 2.11. The molecule has 4 nitrogen and oxygen atoms in total. The molecule has 0 spiro atoms. The van der Waals surface area contributed by atoms with Crippen molar-refractivity contribution in [3.8, 4) is 0 Å². The molecule has 0 aliphatic carbocycles. The molecule has 0 radical (unpaired) electrons. The van der Waals surface area contributed by atoms with Gasteiger partial charge in [0.2, 0.25) is 0 Å². The van der Waals surface area contributed by atoms with Gasteiger partial charge in [0.25, 0.3) is 0 Å². The van der Waals surface area contributed by atoms with Gasteiger partial charge >= 0.3 is 5.97 Å². The summed E-state index contributed by atoms with van der Waals surface area (Å²) < 4.78 is 6.85. The molecule has 2 aromatic heterocycles. The van der Waals surface area contributed by atoms with E-state index in [1.54, 1.807) is 6.92 Å². The quantitative estimate of drug-likeness (QED) is 0.737. The number of aromatic nitrogens is 2. The number of aryl methyl sites for hydroxylation is 1. The lowest BCUT2D eigenvalue weighted by molar-refractivity contribution is -0.142. The first-order chi connectivity index (χ1) is 7.70. The Morgan fingerprint density at radius 1 is 1.50 bits per heavy atom. The molecule has 2 heterocycles. The number of rotatable bonds is 3. The smallest absolute Gasteiger partial charge is 0.311 e. The van der Waals surface area contributed by atoms with Crippen molar-refractivity contribution in [3.63, 3.8) is 0 Å². The molecule has 84 valence electrons. The van der Waals surface area contributed by atoms with Crippen molar-refractivity contribution in [2.24, 2.45) is 0 Å². The summed E-state index contributed by atoms with van der Waals surface area (Å²) in [5, 5.41) is 0. The first kappa shape index (κ1) is 10.7. The van der Waals surface area contributed by atoms with Crippen LogP contribution in [0.15, 0.2) is 24.4 Å². The van der Waals surface area contributed by atoms with Crippen LogP contribution in [-0.2, 0) is 16.0 Å². The zero-order valence-corrected chi connectivity index (χ0v) is 9.43. The largest absolute Gasteiger partial charge is 0.466 e. The molecule has 0 aliphatic rings. The minimum atomic E-state index is -0.233. The number of imidazole rings is 1. The Labute approximate surface area is 93.9 Å². The number of ether oxygens (including phenoxy) is 1. The van der Waals surface area contributed by atoms with E-state index in [1.165, 1.54) is 0 Å². The van der Waals surface area contributed by atoms with Crippen LogP contribution in [0.5, 0.6) is 0 Å². The van der Waals surface area contributed by atoms with Crippen LogP contribution in [-0.4, -0.2) is 22.0 Å². The molecule has 4 heteroatoms. The number of hydrogen-bond donors (Lipinski definition) is 0. The highest BCUT2D eigenvalue weighted by molar-refractivity contribution is 5.72. The van der Waals surface area contributed by atoms with Gasteiger partial charge in [0.1, 0.15) is 5.65 Å². The molecule has 0 saturated heterocycles. The number of carbonyl (C=O) groups excluding carboxylic acids is 1. The monoisotopic (exact) mass is 218 g/mol. The van der Waals surface area contributed by atoms with Gasteiger partial charge < -0.3 is 9.14 Å². The van der Waals surface area contributed by atoms with Crippen molar-refractivity contribution in [3.05, 3.63) is 35.8 Å². The van der Waals surface area contributed by atoms with Gasteiger partial charge in [0.15, 0.2) is 0 Å². The second-order valence-electron chi connectivity index (χ2n) is 3.61. The summed E-state index contributed by atoms with van der Waals surface area (Å²) in [5.74, 6) is -0.233. The summed E-state index contributed by atoms with van der Waals surface area (Å²) >= 11 is 0. The Morgan fingerprint density at radius 2 is 2.31 bits per heavy atom. The van der Waals surface area contributed by atoms with Crippen LogP contribution in [0.4, 0.5) is 0 Å². The van der Waals surface area contributed by atoms with Crippen molar-refractivity contribution in [2.45, 2.75) is 20.3 Å².